The fraction of sp³-hybridized carbons (Fsp3) is 0.346. The van der Waals surface area contributed by atoms with Crippen molar-refractivity contribution in [2.75, 3.05) is 39.4 Å². The predicted octanol–water partition coefficient (Wildman–Crippen LogP) is 2.84. The van der Waals surface area contributed by atoms with Gasteiger partial charge >= 0.3 is 0 Å². The topological polar surface area (TPSA) is 101 Å². The zero-order chi connectivity index (χ0) is 24.5. The molecule has 1 amide bonds. The second kappa shape index (κ2) is 9.52. The Labute approximate surface area is 203 Å². The van der Waals surface area contributed by atoms with Crippen molar-refractivity contribution in [2.45, 2.75) is 19.9 Å². The largest absolute Gasteiger partial charge is 0.507 e. The molecule has 182 valence electrons. The Kier molecular flexibility index (Phi) is 6.27. The molecule has 0 spiro atoms. The summed E-state index contributed by atoms with van der Waals surface area (Å²) in [5, 5.41) is 15.8. The number of Topliss-reactive ketones (excluding diaryl/α,β-unsaturated/α-hetero) is 1. The number of ether oxygens (including phenoxy) is 1. The number of aryl methyl sites for hydroxylation is 1. The van der Waals surface area contributed by atoms with Crippen LogP contribution in [0.1, 0.15) is 28.8 Å². The van der Waals surface area contributed by atoms with E-state index in [2.05, 4.69) is 10.00 Å². The second-order valence-electron chi connectivity index (χ2n) is 8.79. The lowest BCUT2D eigenvalue weighted by Crippen LogP contribution is -2.42. The molecule has 1 unspecified atom stereocenters. The van der Waals surface area contributed by atoms with Gasteiger partial charge in [-0.2, -0.15) is 5.10 Å². The second-order valence-corrected chi connectivity index (χ2v) is 8.79. The van der Waals surface area contributed by atoms with Crippen LogP contribution in [0, 0.1) is 13.8 Å². The van der Waals surface area contributed by atoms with E-state index in [-0.39, 0.29) is 11.3 Å². The van der Waals surface area contributed by atoms with Gasteiger partial charge in [-0.1, -0.05) is 18.2 Å². The molecule has 9 heteroatoms. The Bertz CT molecular complexity index is 1270. The maximum Gasteiger partial charge on any atom is 0.295 e. The number of benzene rings is 1. The monoisotopic (exact) mass is 476 g/mol. The van der Waals surface area contributed by atoms with E-state index < -0.39 is 17.7 Å². The number of para-hydroxylation sites is 1. The highest BCUT2D eigenvalue weighted by molar-refractivity contribution is 6.46. The Morgan fingerprint density at radius 2 is 1.80 bits per heavy atom. The highest BCUT2D eigenvalue weighted by atomic mass is 16.5. The summed E-state index contributed by atoms with van der Waals surface area (Å²) in [5.41, 5.74) is 1.89. The number of nitrogens with zero attached hydrogens (tertiary/aromatic N) is 4. The summed E-state index contributed by atoms with van der Waals surface area (Å²) in [6.45, 7) is 7.37. The van der Waals surface area contributed by atoms with Gasteiger partial charge in [0.25, 0.3) is 11.7 Å². The molecule has 4 heterocycles. The number of morpholine rings is 1. The van der Waals surface area contributed by atoms with E-state index in [0.717, 1.165) is 18.8 Å². The van der Waals surface area contributed by atoms with Gasteiger partial charge in [0.2, 0.25) is 0 Å². The Morgan fingerprint density at radius 1 is 1.06 bits per heavy atom. The van der Waals surface area contributed by atoms with E-state index in [1.807, 2.05) is 37.3 Å². The van der Waals surface area contributed by atoms with E-state index in [9.17, 15) is 14.7 Å². The first kappa shape index (κ1) is 23.1. The molecule has 2 fully saturated rings. The minimum atomic E-state index is -0.816. The van der Waals surface area contributed by atoms with Crippen LogP contribution >= 0.6 is 0 Å². The third-order valence-corrected chi connectivity index (χ3v) is 6.60. The van der Waals surface area contributed by atoms with Crippen molar-refractivity contribution >= 4 is 17.4 Å². The summed E-state index contributed by atoms with van der Waals surface area (Å²) in [5.74, 6) is -0.525. The fourth-order valence-electron chi connectivity index (χ4n) is 4.70. The molecule has 1 aromatic carbocycles. The van der Waals surface area contributed by atoms with Crippen LogP contribution in [0.5, 0.6) is 0 Å². The molecule has 2 aliphatic rings. The number of rotatable bonds is 6. The van der Waals surface area contributed by atoms with Gasteiger partial charge in [0.1, 0.15) is 23.3 Å². The van der Waals surface area contributed by atoms with Crippen molar-refractivity contribution in [1.82, 2.24) is 19.6 Å². The van der Waals surface area contributed by atoms with Crippen molar-refractivity contribution in [3.8, 4) is 5.69 Å². The quantitative estimate of drug-likeness (QED) is 0.332. The van der Waals surface area contributed by atoms with Crippen LogP contribution in [-0.4, -0.2) is 75.8 Å². The van der Waals surface area contributed by atoms with Gasteiger partial charge < -0.3 is 19.2 Å². The van der Waals surface area contributed by atoms with Crippen molar-refractivity contribution in [1.29, 1.82) is 0 Å². The van der Waals surface area contributed by atoms with E-state index in [4.69, 9.17) is 9.15 Å². The normalized spacial score (nSPS) is 20.6. The number of aliphatic hydroxyl groups excluding tert-OH is 1. The number of furan rings is 1. The van der Waals surface area contributed by atoms with Gasteiger partial charge in [0.05, 0.1) is 41.9 Å². The van der Waals surface area contributed by atoms with Crippen LogP contribution in [0.25, 0.3) is 11.4 Å². The predicted molar refractivity (Wildman–Crippen MR) is 128 cm³/mol. The fourth-order valence-corrected chi connectivity index (χ4v) is 4.70. The molecule has 3 aromatic rings. The van der Waals surface area contributed by atoms with E-state index in [1.165, 1.54) is 11.1 Å². The molecular weight excluding hydrogens is 448 g/mol. The van der Waals surface area contributed by atoms with Crippen molar-refractivity contribution in [3.05, 3.63) is 77.0 Å². The van der Waals surface area contributed by atoms with Crippen LogP contribution in [-0.2, 0) is 14.3 Å². The third kappa shape index (κ3) is 4.28. The average Bonchev–Trinajstić information content (AvgIpc) is 3.55. The number of likely N-dealkylation sites (tertiary alicyclic amines) is 1. The number of hydrogen-bond acceptors (Lipinski definition) is 7. The van der Waals surface area contributed by atoms with Crippen LogP contribution in [0.4, 0.5) is 0 Å². The molecule has 5 rings (SSSR count). The summed E-state index contributed by atoms with van der Waals surface area (Å²) >= 11 is 0. The lowest BCUT2D eigenvalue weighted by Gasteiger charge is -2.30. The first-order valence-electron chi connectivity index (χ1n) is 11.7. The number of hydrogen-bond donors (Lipinski definition) is 1. The van der Waals surface area contributed by atoms with Crippen LogP contribution < -0.4 is 0 Å². The summed E-state index contributed by atoms with van der Waals surface area (Å²) in [6, 6.07) is 12.2. The minimum Gasteiger partial charge on any atom is -0.507 e. The zero-order valence-electron chi connectivity index (χ0n) is 19.8. The summed E-state index contributed by atoms with van der Waals surface area (Å²) < 4.78 is 13.0. The van der Waals surface area contributed by atoms with Gasteiger partial charge in [-0.25, -0.2) is 4.68 Å². The number of aromatic nitrogens is 2. The first-order chi connectivity index (χ1) is 17.0. The van der Waals surface area contributed by atoms with Gasteiger partial charge in [0, 0.05) is 26.2 Å². The molecule has 1 atom stereocenters. The molecule has 0 radical (unpaired) electrons. The molecule has 0 aliphatic carbocycles. The highest BCUT2D eigenvalue weighted by Gasteiger charge is 2.47. The van der Waals surface area contributed by atoms with Gasteiger partial charge in [-0.05, 0) is 38.1 Å². The molecule has 9 nitrogen and oxygen atoms in total. The first-order valence-corrected chi connectivity index (χ1v) is 11.7. The average molecular weight is 477 g/mol. The number of amides is 1. The number of aliphatic hydroxyl groups is 1. The smallest absolute Gasteiger partial charge is 0.295 e. The SMILES string of the molecule is Cc1ccc(C2C(=C(O)c3cnn(-c4ccccc4)c3C)C(=O)C(=O)N2CCN2CCOCC2)o1. The minimum absolute atomic E-state index is 0.0158. The maximum absolute atomic E-state index is 13.2. The molecular formula is C26H28N4O5. The number of carbonyl (C=O) groups excluding carboxylic acids is 2. The number of carbonyl (C=O) groups is 2. The Morgan fingerprint density at radius 3 is 2.49 bits per heavy atom. The van der Waals surface area contributed by atoms with Crippen molar-refractivity contribution < 1.29 is 23.8 Å². The third-order valence-electron chi connectivity index (χ3n) is 6.60. The molecule has 2 aromatic heterocycles. The van der Waals surface area contributed by atoms with Crippen LogP contribution in [0.2, 0.25) is 0 Å². The Hall–Kier alpha value is -3.69. The van der Waals surface area contributed by atoms with Gasteiger partial charge in [0.15, 0.2) is 0 Å². The van der Waals surface area contributed by atoms with Crippen LogP contribution in [0.15, 0.2) is 58.7 Å². The zero-order valence-corrected chi connectivity index (χ0v) is 19.8. The van der Waals surface area contributed by atoms with E-state index >= 15 is 0 Å². The summed E-state index contributed by atoms with van der Waals surface area (Å²) in [7, 11) is 0. The lowest BCUT2D eigenvalue weighted by molar-refractivity contribution is -0.140. The molecule has 2 saturated heterocycles. The molecule has 0 saturated carbocycles. The standard InChI is InChI=1S/C26H28N4O5/c1-17-8-9-21(35-17)23-22(25(32)26(33)29(23)11-10-28-12-14-34-15-13-28)24(31)20-16-27-30(18(20)2)19-6-4-3-5-7-19/h3-9,16,23,31H,10-15H2,1-2H3. The van der Waals surface area contributed by atoms with E-state index in [0.29, 0.717) is 49.1 Å². The summed E-state index contributed by atoms with van der Waals surface area (Å²) in [6.07, 6.45) is 1.52. The molecule has 35 heavy (non-hydrogen) atoms. The van der Waals surface area contributed by atoms with Gasteiger partial charge in [-0.15, -0.1) is 0 Å². The highest BCUT2D eigenvalue weighted by Crippen LogP contribution is 2.40. The van der Waals surface area contributed by atoms with Gasteiger partial charge in [-0.3, -0.25) is 14.5 Å². The van der Waals surface area contributed by atoms with Crippen LogP contribution in [0.3, 0.4) is 0 Å². The number of ketones is 1. The summed E-state index contributed by atoms with van der Waals surface area (Å²) in [4.78, 5) is 30.1. The molecule has 1 N–H and O–H groups in total. The molecule has 2 aliphatic heterocycles. The van der Waals surface area contributed by atoms with E-state index in [1.54, 1.807) is 23.7 Å². The molecule has 0 bridgehead atoms. The van der Waals surface area contributed by atoms with Crippen molar-refractivity contribution in [2.24, 2.45) is 0 Å². The lowest BCUT2D eigenvalue weighted by atomic mass is 9.99. The maximum atomic E-state index is 13.2. The Balaban J connectivity index is 1.54. The van der Waals surface area contributed by atoms with Crippen molar-refractivity contribution in [3.63, 3.8) is 0 Å².